The SMILES string of the molecule is C[C@@H]1CNC[C@H]1c1nc(CCC(F)(F)F)no1. The molecule has 0 spiro atoms. The van der Waals surface area contributed by atoms with Crippen LogP contribution < -0.4 is 5.32 Å². The maximum atomic E-state index is 12.0. The number of hydrogen-bond acceptors (Lipinski definition) is 4. The van der Waals surface area contributed by atoms with E-state index in [9.17, 15) is 13.2 Å². The molecule has 2 atom stereocenters. The van der Waals surface area contributed by atoms with Gasteiger partial charge in [-0.3, -0.25) is 0 Å². The number of nitrogens with zero attached hydrogens (tertiary/aromatic N) is 2. The van der Waals surface area contributed by atoms with E-state index in [1.54, 1.807) is 0 Å². The van der Waals surface area contributed by atoms with Crippen LogP contribution in [0.4, 0.5) is 13.2 Å². The van der Waals surface area contributed by atoms with Crippen LogP contribution in [0.2, 0.25) is 0 Å². The molecule has 0 bridgehead atoms. The summed E-state index contributed by atoms with van der Waals surface area (Å²) in [6.45, 7) is 3.65. The average molecular weight is 249 g/mol. The molecule has 1 aliphatic rings. The Morgan fingerprint density at radius 3 is 2.76 bits per heavy atom. The smallest absolute Gasteiger partial charge is 0.339 e. The van der Waals surface area contributed by atoms with Crippen molar-refractivity contribution < 1.29 is 17.7 Å². The van der Waals surface area contributed by atoms with Crippen LogP contribution in [-0.4, -0.2) is 29.4 Å². The van der Waals surface area contributed by atoms with Gasteiger partial charge in [0.15, 0.2) is 5.82 Å². The first-order valence-corrected chi connectivity index (χ1v) is 5.55. The molecule has 1 fully saturated rings. The van der Waals surface area contributed by atoms with E-state index in [2.05, 4.69) is 15.5 Å². The van der Waals surface area contributed by atoms with Gasteiger partial charge in [0.2, 0.25) is 5.89 Å². The van der Waals surface area contributed by atoms with Gasteiger partial charge in [0.1, 0.15) is 0 Å². The Balaban J connectivity index is 1.96. The summed E-state index contributed by atoms with van der Waals surface area (Å²) in [5, 5.41) is 6.76. The van der Waals surface area contributed by atoms with Crippen LogP contribution in [-0.2, 0) is 6.42 Å². The summed E-state index contributed by atoms with van der Waals surface area (Å²) in [5.74, 6) is 1.06. The van der Waals surface area contributed by atoms with Crippen molar-refractivity contribution in [3.8, 4) is 0 Å². The third-order valence-corrected chi connectivity index (χ3v) is 2.95. The Morgan fingerprint density at radius 1 is 1.41 bits per heavy atom. The van der Waals surface area contributed by atoms with Crippen molar-refractivity contribution in [1.82, 2.24) is 15.5 Å². The van der Waals surface area contributed by atoms with Crippen LogP contribution in [0.3, 0.4) is 0 Å². The second kappa shape index (κ2) is 4.64. The first kappa shape index (κ1) is 12.3. The minimum atomic E-state index is -4.18. The fourth-order valence-electron chi connectivity index (χ4n) is 1.91. The lowest BCUT2D eigenvalue weighted by Crippen LogP contribution is -2.10. The molecule has 0 amide bonds. The average Bonchev–Trinajstić information content (AvgIpc) is 2.81. The van der Waals surface area contributed by atoms with E-state index in [4.69, 9.17) is 4.52 Å². The highest BCUT2D eigenvalue weighted by Crippen LogP contribution is 2.27. The fourth-order valence-corrected chi connectivity index (χ4v) is 1.91. The zero-order valence-electron chi connectivity index (χ0n) is 9.42. The minimum absolute atomic E-state index is 0.113. The molecule has 17 heavy (non-hydrogen) atoms. The van der Waals surface area contributed by atoms with Crippen LogP contribution >= 0.6 is 0 Å². The van der Waals surface area contributed by atoms with Gasteiger partial charge in [0.05, 0.1) is 12.3 Å². The van der Waals surface area contributed by atoms with Crippen LogP contribution in [0, 0.1) is 5.92 Å². The van der Waals surface area contributed by atoms with Crippen molar-refractivity contribution >= 4 is 0 Å². The molecule has 2 rings (SSSR count). The van der Waals surface area contributed by atoms with Gasteiger partial charge in [-0.15, -0.1) is 0 Å². The van der Waals surface area contributed by atoms with Crippen molar-refractivity contribution in [3.05, 3.63) is 11.7 Å². The maximum Gasteiger partial charge on any atom is 0.389 e. The summed E-state index contributed by atoms with van der Waals surface area (Å²) >= 11 is 0. The van der Waals surface area contributed by atoms with Gasteiger partial charge >= 0.3 is 6.18 Å². The molecule has 1 aromatic rings. The van der Waals surface area contributed by atoms with Gasteiger partial charge in [-0.2, -0.15) is 18.2 Å². The second-order valence-corrected chi connectivity index (χ2v) is 4.41. The van der Waals surface area contributed by atoms with Crippen molar-refractivity contribution in [2.75, 3.05) is 13.1 Å². The third kappa shape index (κ3) is 3.18. The molecular weight excluding hydrogens is 235 g/mol. The summed E-state index contributed by atoms with van der Waals surface area (Å²) in [4.78, 5) is 4.03. The highest BCUT2D eigenvalue weighted by atomic mass is 19.4. The van der Waals surface area contributed by atoms with E-state index in [0.29, 0.717) is 11.8 Å². The Labute approximate surface area is 96.6 Å². The van der Waals surface area contributed by atoms with Crippen molar-refractivity contribution in [2.45, 2.75) is 31.9 Å². The maximum absolute atomic E-state index is 12.0. The number of nitrogens with one attached hydrogen (secondary N) is 1. The molecule has 0 saturated carbocycles. The van der Waals surface area contributed by atoms with Crippen molar-refractivity contribution in [3.63, 3.8) is 0 Å². The topological polar surface area (TPSA) is 51.0 Å². The predicted octanol–water partition coefficient (Wildman–Crippen LogP) is 1.89. The van der Waals surface area contributed by atoms with E-state index in [1.165, 1.54) is 0 Å². The number of halogens is 3. The Morgan fingerprint density at radius 2 is 2.18 bits per heavy atom. The summed E-state index contributed by atoms with van der Waals surface area (Å²) < 4.78 is 41.1. The summed E-state index contributed by atoms with van der Waals surface area (Å²) in [6.07, 6.45) is -5.31. The Bertz CT molecular complexity index is 377. The van der Waals surface area contributed by atoms with E-state index < -0.39 is 12.6 Å². The number of alkyl halides is 3. The van der Waals surface area contributed by atoms with E-state index in [-0.39, 0.29) is 18.2 Å². The first-order chi connectivity index (χ1) is 7.96. The molecule has 7 heteroatoms. The molecule has 1 N–H and O–H groups in total. The lowest BCUT2D eigenvalue weighted by molar-refractivity contribution is -0.134. The molecular formula is C10H14F3N3O. The highest BCUT2D eigenvalue weighted by Gasteiger charge is 2.31. The van der Waals surface area contributed by atoms with Gasteiger partial charge in [-0.05, 0) is 12.5 Å². The van der Waals surface area contributed by atoms with Gasteiger partial charge in [-0.1, -0.05) is 12.1 Å². The van der Waals surface area contributed by atoms with Crippen LogP contribution in [0.15, 0.2) is 4.52 Å². The molecule has 0 aromatic carbocycles. The summed E-state index contributed by atoms with van der Waals surface area (Å²) in [5.41, 5.74) is 0. The minimum Gasteiger partial charge on any atom is -0.339 e. The quantitative estimate of drug-likeness (QED) is 0.888. The number of rotatable bonds is 3. The third-order valence-electron chi connectivity index (χ3n) is 2.95. The second-order valence-electron chi connectivity index (χ2n) is 4.41. The first-order valence-electron chi connectivity index (χ1n) is 5.55. The van der Waals surface area contributed by atoms with Crippen molar-refractivity contribution in [1.29, 1.82) is 0 Å². The zero-order chi connectivity index (χ0) is 12.5. The Kier molecular flexibility index (Phi) is 3.37. The zero-order valence-corrected chi connectivity index (χ0v) is 9.42. The number of aromatic nitrogens is 2. The van der Waals surface area contributed by atoms with Gasteiger partial charge in [0, 0.05) is 13.0 Å². The molecule has 1 aromatic heterocycles. The van der Waals surface area contributed by atoms with Gasteiger partial charge < -0.3 is 9.84 Å². The monoisotopic (exact) mass is 249 g/mol. The molecule has 4 nitrogen and oxygen atoms in total. The standard InChI is InChI=1S/C10H14F3N3O/c1-6-4-14-5-7(6)9-15-8(16-17-9)2-3-10(11,12)13/h6-7,14H,2-5H2,1H3/t6-,7-/m1/s1. The summed E-state index contributed by atoms with van der Waals surface area (Å²) in [6, 6.07) is 0. The molecule has 2 heterocycles. The van der Waals surface area contributed by atoms with Crippen LogP contribution in [0.1, 0.15) is 31.0 Å². The van der Waals surface area contributed by atoms with E-state index in [1.807, 2.05) is 6.92 Å². The van der Waals surface area contributed by atoms with Crippen LogP contribution in [0.25, 0.3) is 0 Å². The lowest BCUT2D eigenvalue weighted by atomic mass is 9.98. The number of aryl methyl sites for hydroxylation is 1. The summed E-state index contributed by atoms with van der Waals surface area (Å²) in [7, 11) is 0. The normalized spacial score (nSPS) is 25.4. The van der Waals surface area contributed by atoms with E-state index >= 15 is 0 Å². The fraction of sp³-hybridized carbons (Fsp3) is 0.800. The number of hydrogen-bond donors (Lipinski definition) is 1. The van der Waals surface area contributed by atoms with Crippen LogP contribution in [0.5, 0.6) is 0 Å². The Hall–Kier alpha value is -1.11. The molecule has 1 aliphatic heterocycles. The molecule has 96 valence electrons. The molecule has 1 saturated heterocycles. The van der Waals surface area contributed by atoms with Gasteiger partial charge in [0.25, 0.3) is 0 Å². The predicted molar refractivity (Wildman–Crippen MR) is 53.4 cm³/mol. The van der Waals surface area contributed by atoms with Crippen molar-refractivity contribution in [2.24, 2.45) is 5.92 Å². The molecule has 0 aliphatic carbocycles. The largest absolute Gasteiger partial charge is 0.389 e. The van der Waals surface area contributed by atoms with Gasteiger partial charge in [-0.25, -0.2) is 0 Å². The van der Waals surface area contributed by atoms with E-state index in [0.717, 1.165) is 13.1 Å². The molecule has 0 radical (unpaired) electrons. The molecule has 0 unspecified atom stereocenters. The highest BCUT2D eigenvalue weighted by molar-refractivity contribution is 5.01. The lowest BCUT2D eigenvalue weighted by Gasteiger charge is -2.07.